The van der Waals surface area contributed by atoms with Gasteiger partial charge in [0.2, 0.25) is 0 Å². The Hall–Kier alpha value is -1.12. The Balaban J connectivity index is 1.73. The minimum absolute atomic E-state index is 0.0345. The van der Waals surface area contributed by atoms with E-state index in [1.165, 1.54) is 7.11 Å². The smallest absolute Gasteiger partial charge is 0.308 e. The number of Topliss-reactive ketones (excluding diaryl/α,β-unsaturated/α-hetero) is 1. The van der Waals surface area contributed by atoms with Gasteiger partial charge in [-0.25, -0.2) is 0 Å². The molecule has 0 aromatic heterocycles. The summed E-state index contributed by atoms with van der Waals surface area (Å²) in [5.74, 6) is 1.62. The highest BCUT2D eigenvalue weighted by Gasteiger charge is 2.65. The van der Waals surface area contributed by atoms with Crippen molar-refractivity contribution >= 4 is 11.8 Å². The Kier molecular flexibility index (Phi) is 3.31. The molecule has 0 unspecified atom stereocenters. The molecular formula is C20H28O3. The monoisotopic (exact) mass is 316 g/mol. The van der Waals surface area contributed by atoms with Gasteiger partial charge in [-0.15, -0.1) is 0 Å². The second-order valence-electron chi connectivity index (χ2n) is 8.71. The average Bonchev–Trinajstić information content (AvgIpc) is 2.73. The minimum atomic E-state index is -0.150. The summed E-state index contributed by atoms with van der Waals surface area (Å²) in [6.45, 7) is 6.49. The van der Waals surface area contributed by atoms with E-state index in [1.54, 1.807) is 0 Å². The molecule has 0 radical (unpaired) electrons. The Bertz CT molecular complexity index is 579. The molecule has 4 fully saturated rings. The van der Waals surface area contributed by atoms with Gasteiger partial charge in [0.25, 0.3) is 0 Å². The van der Waals surface area contributed by atoms with Gasteiger partial charge in [0.15, 0.2) is 5.78 Å². The maximum absolute atomic E-state index is 13.0. The maximum atomic E-state index is 13.0. The predicted octanol–water partition coefficient (Wildman–Crippen LogP) is 3.92. The van der Waals surface area contributed by atoms with E-state index in [4.69, 9.17) is 4.74 Å². The fourth-order valence-electron chi connectivity index (χ4n) is 7.09. The van der Waals surface area contributed by atoms with Gasteiger partial charge >= 0.3 is 5.97 Å². The van der Waals surface area contributed by atoms with Crippen molar-refractivity contribution in [2.45, 2.75) is 58.3 Å². The zero-order chi connectivity index (χ0) is 16.4. The Morgan fingerprint density at radius 2 is 2.00 bits per heavy atom. The molecule has 4 rings (SSSR count). The van der Waals surface area contributed by atoms with Crippen LogP contribution >= 0.6 is 0 Å². The number of carbonyl (C=O) groups is 2. The van der Waals surface area contributed by atoms with Crippen molar-refractivity contribution in [1.82, 2.24) is 0 Å². The molecule has 0 aromatic rings. The van der Waals surface area contributed by atoms with Crippen molar-refractivity contribution in [2.24, 2.45) is 34.5 Å². The first-order valence-corrected chi connectivity index (χ1v) is 9.25. The van der Waals surface area contributed by atoms with Gasteiger partial charge in [0.1, 0.15) is 0 Å². The van der Waals surface area contributed by atoms with Crippen molar-refractivity contribution < 1.29 is 14.3 Å². The summed E-state index contributed by atoms with van der Waals surface area (Å²) in [5.41, 5.74) is 0.860. The number of hydrogen-bond acceptors (Lipinski definition) is 3. The lowest BCUT2D eigenvalue weighted by molar-refractivity contribution is -0.168. The summed E-state index contributed by atoms with van der Waals surface area (Å²) in [7, 11) is 1.51. The molecule has 0 heterocycles. The Morgan fingerprint density at radius 1 is 1.22 bits per heavy atom. The first kappa shape index (κ1) is 15.4. The maximum Gasteiger partial charge on any atom is 0.308 e. The standard InChI is InChI=1S/C20H28O3/c1-12-13-6-7-16-19(2)9-4-5-14(18(22)23-3)15(19)8-10-20(16,11-13)17(12)21/h13-16H,1,4-11H2,2-3H3/t13-,14-,15-,16+,19-,20-/m1/s1. The van der Waals surface area contributed by atoms with Crippen LogP contribution in [0.3, 0.4) is 0 Å². The lowest BCUT2D eigenvalue weighted by atomic mass is 9.43. The molecule has 0 aromatic carbocycles. The van der Waals surface area contributed by atoms with Crippen LogP contribution in [0.25, 0.3) is 0 Å². The molecule has 0 N–H and O–H groups in total. The highest BCUT2D eigenvalue weighted by Crippen LogP contribution is 2.69. The van der Waals surface area contributed by atoms with Crippen LogP contribution in [0.5, 0.6) is 0 Å². The minimum Gasteiger partial charge on any atom is -0.469 e. The number of methoxy groups -OCH3 is 1. The molecule has 4 saturated carbocycles. The van der Waals surface area contributed by atoms with E-state index in [9.17, 15) is 9.59 Å². The summed E-state index contributed by atoms with van der Waals surface area (Å²) in [6.07, 6.45) is 8.42. The zero-order valence-corrected chi connectivity index (χ0v) is 14.4. The molecule has 0 aliphatic heterocycles. The quantitative estimate of drug-likeness (QED) is 0.544. The van der Waals surface area contributed by atoms with Crippen molar-refractivity contribution in [1.29, 1.82) is 0 Å². The zero-order valence-electron chi connectivity index (χ0n) is 14.4. The van der Waals surface area contributed by atoms with Gasteiger partial charge in [-0.05, 0) is 73.7 Å². The van der Waals surface area contributed by atoms with Crippen LogP contribution in [0, 0.1) is 34.5 Å². The van der Waals surface area contributed by atoms with Crippen LogP contribution in [0.1, 0.15) is 58.3 Å². The molecule has 2 bridgehead atoms. The summed E-state index contributed by atoms with van der Waals surface area (Å²) in [4.78, 5) is 25.3. The number of ketones is 1. The number of carbonyl (C=O) groups excluding carboxylic acids is 2. The van der Waals surface area contributed by atoms with Crippen LogP contribution in [0.2, 0.25) is 0 Å². The van der Waals surface area contributed by atoms with Gasteiger partial charge in [0, 0.05) is 5.41 Å². The molecule has 3 nitrogen and oxygen atoms in total. The Morgan fingerprint density at radius 3 is 2.74 bits per heavy atom. The fourth-order valence-corrected chi connectivity index (χ4v) is 7.09. The number of esters is 1. The van der Waals surface area contributed by atoms with E-state index in [2.05, 4.69) is 13.5 Å². The van der Waals surface area contributed by atoms with Gasteiger partial charge in [0.05, 0.1) is 13.0 Å². The Labute approximate surface area is 138 Å². The number of fused-ring (bicyclic) bond motifs is 3. The molecule has 0 amide bonds. The summed E-state index contributed by atoms with van der Waals surface area (Å²) in [5, 5.41) is 0. The summed E-state index contributed by atoms with van der Waals surface area (Å²) < 4.78 is 5.10. The van der Waals surface area contributed by atoms with Gasteiger partial charge in [-0.2, -0.15) is 0 Å². The fraction of sp³-hybridized carbons (Fsp3) is 0.800. The number of rotatable bonds is 1. The number of hydrogen-bond donors (Lipinski definition) is 0. The SMILES string of the molecule is C=C1C(=O)[C@@]23CC[C@@H]4[C@H](C(=O)OC)CCC[C@@]4(C)[C@@H]2CC[C@@H]1C3. The summed E-state index contributed by atoms with van der Waals surface area (Å²) in [6, 6.07) is 0. The predicted molar refractivity (Wildman–Crippen MR) is 87.6 cm³/mol. The molecule has 126 valence electrons. The largest absolute Gasteiger partial charge is 0.469 e. The molecular weight excluding hydrogens is 288 g/mol. The lowest BCUT2D eigenvalue weighted by Crippen LogP contribution is -2.56. The second-order valence-corrected chi connectivity index (χ2v) is 8.71. The average molecular weight is 316 g/mol. The van der Waals surface area contributed by atoms with Crippen molar-refractivity contribution in [3.05, 3.63) is 12.2 Å². The van der Waals surface area contributed by atoms with Crippen LogP contribution in [0.4, 0.5) is 0 Å². The van der Waals surface area contributed by atoms with Crippen molar-refractivity contribution in [2.75, 3.05) is 7.11 Å². The molecule has 4 aliphatic carbocycles. The van der Waals surface area contributed by atoms with E-state index in [1.807, 2.05) is 0 Å². The van der Waals surface area contributed by atoms with E-state index in [0.717, 1.165) is 56.9 Å². The van der Waals surface area contributed by atoms with Crippen LogP contribution in [-0.4, -0.2) is 18.9 Å². The summed E-state index contributed by atoms with van der Waals surface area (Å²) >= 11 is 0. The molecule has 1 spiro atoms. The van der Waals surface area contributed by atoms with Crippen molar-refractivity contribution in [3.8, 4) is 0 Å². The lowest BCUT2D eigenvalue weighted by Gasteiger charge is -2.60. The third-order valence-corrected chi connectivity index (χ3v) is 8.08. The highest BCUT2D eigenvalue weighted by molar-refractivity contribution is 6.03. The molecule has 0 saturated heterocycles. The van der Waals surface area contributed by atoms with Gasteiger partial charge in [-0.3, -0.25) is 9.59 Å². The number of ether oxygens (including phenoxy) is 1. The third-order valence-electron chi connectivity index (χ3n) is 8.08. The van der Waals surface area contributed by atoms with Crippen LogP contribution in [0.15, 0.2) is 12.2 Å². The van der Waals surface area contributed by atoms with Gasteiger partial charge in [-0.1, -0.05) is 19.9 Å². The molecule has 4 aliphatic rings. The van der Waals surface area contributed by atoms with Crippen LogP contribution < -0.4 is 0 Å². The second kappa shape index (κ2) is 4.94. The van der Waals surface area contributed by atoms with Crippen molar-refractivity contribution in [3.63, 3.8) is 0 Å². The normalized spacial score (nSPS) is 48.6. The third kappa shape index (κ3) is 1.82. The van der Waals surface area contributed by atoms with E-state index < -0.39 is 0 Å². The van der Waals surface area contributed by atoms with E-state index >= 15 is 0 Å². The van der Waals surface area contributed by atoms with Crippen LogP contribution in [-0.2, 0) is 14.3 Å². The number of allylic oxidation sites excluding steroid dienone is 1. The molecule has 3 heteroatoms. The van der Waals surface area contributed by atoms with E-state index in [0.29, 0.717) is 23.5 Å². The van der Waals surface area contributed by atoms with E-state index in [-0.39, 0.29) is 22.7 Å². The first-order chi connectivity index (χ1) is 10.9. The highest BCUT2D eigenvalue weighted by atomic mass is 16.5. The first-order valence-electron chi connectivity index (χ1n) is 9.25. The molecule has 6 atom stereocenters. The molecule has 23 heavy (non-hydrogen) atoms. The van der Waals surface area contributed by atoms with Gasteiger partial charge < -0.3 is 4.74 Å². The topological polar surface area (TPSA) is 43.4 Å².